The van der Waals surface area contributed by atoms with E-state index in [1.807, 2.05) is 24.3 Å². The van der Waals surface area contributed by atoms with Gasteiger partial charge in [-0.2, -0.15) is 0 Å². The first kappa shape index (κ1) is 13.4. The van der Waals surface area contributed by atoms with Crippen molar-refractivity contribution < 1.29 is 9.47 Å². The molecule has 0 atom stereocenters. The Morgan fingerprint density at radius 3 is 2.19 bits per heavy atom. The zero-order valence-electron chi connectivity index (χ0n) is 9.75. The van der Waals surface area contributed by atoms with Crippen LogP contribution in [0, 0.1) is 0 Å². The van der Waals surface area contributed by atoms with Gasteiger partial charge in [-0.3, -0.25) is 0 Å². The molecule has 0 N–H and O–H groups in total. The summed E-state index contributed by atoms with van der Waals surface area (Å²) in [6.45, 7) is 3.58. The zero-order valence-corrected chi connectivity index (χ0v) is 11.3. The number of para-hydroxylation sites is 2. The quantitative estimate of drug-likeness (QED) is 0.531. The molecule has 0 amide bonds. The highest BCUT2D eigenvalue weighted by molar-refractivity contribution is 9.09. The highest BCUT2D eigenvalue weighted by atomic mass is 79.9. The number of ether oxygens (including phenoxy) is 2. The first-order chi connectivity index (χ1) is 7.88. The predicted octanol–water partition coefficient (Wildman–Crippen LogP) is 4.03. The van der Waals surface area contributed by atoms with Crippen LogP contribution in [0.2, 0.25) is 0 Å². The van der Waals surface area contributed by atoms with Gasteiger partial charge in [0.15, 0.2) is 11.5 Å². The van der Waals surface area contributed by atoms with E-state index in [4.69, 9.17) is 9.47 Å². The molecule has 0 aliphatic carbocycles. The van der Waals surface area contributed by atoms with E-state index in [0.717, 1.165) is 49.3 Å². The normalized spacial score (nSPS) is 10.1. The lowest BCUT2D eigenvalue weighted by Gasteiger charge is -2.11. The fourth-order valence-corrected chi connectivity index (χ4v) is 1.68. The molecule has 0 saturated heterocycles. The number of alkyl halides is 1. The van der Waals surface area contributed by atoms with Crippen molar-refractivity contribution in [2.24, 2.45) is 0 Å². The molecule has 1 aromatic rings. The van der Waals surface area contributed by atoms with E-state index < -0.39 is 0 Å². The van der Waals surface area contributed by atoms with Crippen LogP contribution in [-0.4, -0.2) is 18.5 Å². The van der Waals surface area contributed by atoms with Crippen molar-refractivity contribution in [2.45, 2.75) is 26.2 Å². The van der Waals surface area contributed by atoms with Crippen molar-refractivity contribution in [3.05, 3.63) is 24.3 Å². The number of hydrogen-bond donors (Lipinski definition) is 0. The number of unbranched alkanes of at least 4 members (excludes halogenated alkanes) is 1. The third-order valence-corrected chi connectivity index (χ3v) is 2.66. The second-order valence-electron chi connectivity index (χ2n) is 3.54. The third-order valence-electron chi connectivity index (χ3n) is 2.10. The van der Waals surface area contributed by atoms with Gasteiger partial charge in [-0.15, -0.1) is 0 Å². The van der Waals surface area contributed by atoms with Crippen molar-refractivity contribution in [1.82, 2.24) is 0 Å². The molecule has 0 aliphatic rings. The smallest absolute Gasteiger partial charge is 0.161 e. The Bertz CT molecular complexity index is 289. The Hall–Kier alpha value is -0.700. The first-order valence-electron chi connectivity index (χ1n) is 5.79. The number of rotatable bonds is 8. The maximum Gasteiger partial charge on any atom is 0.161 e. The van der Waals surface area contributed by atoms with Crippen LogP contribution in [0.4, 0.5) is 0 Å². The SMILES string of the molecule is CCCOc1ccccc1OCCCCBr. The van der Waals surface area contributed by atoms with Crippen LogP contribution in [0.3, 0.4) is 0 Å². The minimum Gasteiger partial charge on any atom is -0.490 e. The van der Waals surface area contributed by atoms with Gasteiger partial charge >= 0.3 is 0 Å². The predicted molar refractivity (Wildman–Crippen MR) is 70.8 cm³/mol. The van der Waals surface area contributed by atoms with E-state index in [1.165, 1.54) is 0 Å². The minimum absolute atomic E-state index is 0.738. The Morgan fingerprint density at radius 2 is 1.62 bits per heavy atom. The molecule has 3 heteroatoms. The summed E-state index contributed by atoms with van der Waals surface area (Å²) < 4.78 is 11.3. The van der Waals surface area contributed by atoms with Gasteiger partial charge in [-0.05, 0) is 31.4 Å². The van der Waals surface area contributed by atoms with Crippen molar-refractivity contribution in [1.29, 1.82) is 0 Å². The molecule has 16 heavy (non-hydrogen) atoms. The minimum atomic E-state index is 0.738. The average Bonchev–Trinajstić information content (AvgIpc) is 2.33. The van der Waals surface area contributed by atoms with E-state index in [1.54, 1.807) is 0 Å². The Labute approximate surface area is 106 Å². The topological polar surface area (TPSA) is 18.5 Å². The van der Waals surface area contributed by atoms with E-state index >= 15 is 0 Å². The van der Waals surface area contributed by atoms with Crippen molar-refractivity contribution in [3.8, 4) is 11.5 Å². The van der Waals surface area contributed by atoms with E-state index in [0.29, 0.717) is 0 Å². The standard InChI is InChI=1S/C13H19BrO2/c1-2-10-15-12-7-3-4-8-13(12)16-11-6-5-9-14/h3-4,7-8H,2,5-6,9-11H2,1H3. The van der Waals surface area contributed by atoms with Crippen LogP contribution in [0.5, 0.6) is 11.5 Å². The molecule has 1 rings (SSSR count). The number of hydrogen-bond acceptors (Lipinski definition) is 2. The molecule has 0 radical (unpaired) electrons. The van der Waals surface area contributed by atoms with Gasteiger partial charge in [-0.25, -0.2) is 0 Å². The summed E-state index contributed by atoms with van der Waals surface area (Å²) in [5.41, 5.74) is 0. The molecule has 1 aromatic carbocycles. The summed E-state index contributed by atoms with van der Waals surface area (Å²) in [6, 6.07) is 7.85. The van der Waals surface area contributed by atoms with Crippen LogP contribution in [0.15, 0.2) is 24.3 Å². The summed E-state index contributed by atoms with van der Waals surface area (Å²) in [6.07, 6.45) is 3.21. The Balaban J connectivity index is 2.43. The van der Waals surface area contributed by atoms with Crippen LogP contribution in [0.1, 0.15) is 26.2 Å². The molecule has 0 heterocycles. The average molecular weight is 287 g/mol. The zero-order chi connectivity index (χ0) is 11.6. The van der Waals surface area contributed by atoms with Gasteiger partial charge in [-0.1, -0.05) is 35.0 Å². The molecule has 0 spiro atoms. The third kappa shape index (κ3) is 4.88. The Kier molecular flexibility index (Phi) is 7.06. The van der Waals surface area contributed by atoms with Crippen LogP contribution in [-0.2, 0) is 0 Å². The molecule has 2 nitrogen and oxygen atoms in total. The summed E-state index contributed by atoms with van der Waals surface area (Å²) in [5.74, 6) is 1.70. The molecule has 0 bridgehead atoms. The summed E-state index contributed by atoms with van der Waals surface area (Å²) >= 11 is 3.40. The van der Waals surface area contributed by atoms with Gasteiger partial charge in [0, 0.05) is 5.33 Å². The first-order valence-corrected chi connectivity index (χ1v) is 6.91. The molecule has 0 fully saturated rings. The van der Waals surface area contributed by atoms with Gasteiger partial charge in [0.25, 0.3) is 0 Å². The molecular weight excluding hydrogens is 268 g/mol. The van der Waals surface area contributed by atoms with Gasteiger partial charge in [0.1, 0.15) is 0 Å². The maximum absolute atomic E-state index is 5.69. The maximum atomic E-state index is 5.69. The molecule has 0 aromatic heterocycles. The molecule has 90 valence electrons. The monoisotopic (exact) mass is 286 g/mol. The van der Waals surface area contributed by atoms with Crippen LogP contribution < -0.4 is 9.47 Å². The summed E-state index contributed by atoms with van der Waals surface area (Å²) in [5, 5.41) is 1.03. The fourth-order valence-electron chi connectivity index (χ4n) is 1.28. The number of benzene rings is 1. The molecular formula is C13H19BrO2. The Morgan fingerprint density at radius 1 is 1.00 bits per heavy atom. The lowest BCUT2D eigenvalue weighted by atomic mass is 10.3. The number of halogens is 1. The fraction of sp³-hybridized carbons (Fsp3) is 0.538. The van der Waals surface area contributed by atoms with Crippen LogP contribution in [0.25, 0.3) is 0 Å². The van der Waals surface area contributed by atoms with Crippen molar-refractivity contribution in [3.63, 3.8) is 0 Å². The lowest BCUT2D eigenvalue weighted by Crippen LogP contribution is -2.01. The molecule has 0 unspecified atom stereocenters. The highest BCUT2D eigenvalue weighted by Gasteiger charge is 2.02. The second-order valence-corrected chi connectivity index (χ2v) is 4.33. The van der Waals surface area contributed by atoms with E-state index in [-0.39, 0.29) is 0 Å². The van der Waals surface area contributed by atoms with Crippen LogP contribution >= 0.6 is 15.9 Å². The summed E-state index contributed by atoms with van der Waals surface area (Å²) in [7, 11) is 0. The van der Waals surface area contributed by atoms with Crippen molar-refractivity contribution >= 4 is 15.9 Å². The summed E-state index contributed by atoms with van der Waals surface area (Å²) in [4.78, 5) is 0. The highest BCUT2D eigenvalue weighted by Crippen LogP contribution is 2.26. The van der Waals surface area contributed by atoms with Gasteiger partial charge < -0.3 is 9.47 Å². The largest absolute Gasteiger partial charge is 0.490 e. The van der Waals surface area contributed by atoms with E-state index in [9.17, 15) is 0 Å². The lowest BCUT2D eigenvalue weighted by molar-refractivity contribution is 0.265. The van der Waals surface area contributed by atoms with E-state index in [2.05, 4.69) is 22.9 Å². The van der Waals surface area contributed by atoms with Gasteiger partial charge in [0.05, 0.1) is 13.2 Å². The second kappa shape index (κ2) is 8.45. The molecule has 0 aliphatic heterocycles. The van der Waals surface area contributed by atoms with Gasteiger partial charge in [0.2, 0.25) is 0 Å². The molecule has 0 saturated carbocycles. The van der Waals surface area contributed by atoms with Crippen molar-refractivity contribution in [2.75, 3.05) is 18.5 Å².